The molecule has 0 aliphatic heterocycles. The van der Waals surface area contributed by atoms with Crippen molar-refractivity contribution in [3.63, 3.8) is 0 Å². The Morgan fingerprint density at radius 2 is 1.94 bits per heavy atom. The van der Waals surface area contributed by atoms with E-state index in [0.29, 0.717) is 5.02 Å². The number of hydrogen-bond donors (Lipinski definition) is 1. The van der Waals surface area contributed by atoms with Gasteiger partial charge < -0.3 is 10.0 Å². The molecule has 1 rings (SSSR count). The van der Waals surface area contributed by atoms with Gasteiger partial charge in [0.15, 0.2) is 0 Å². The molecule has 1 N–H and O–H groups in total. The molecule has 1 aromatic rings. The van der Waals surface area contributed by atoms with Gasteiger partial charge in [-0.3, -0.25) is 9.59 Å². The van der Waals surface area contributed by atoms with E-state index in [1.807, 2.05) is 12.1 Å². The number of carboxylic acid groups (broad SMARTS) is 1. The van der Waals surface area contributed by atoms with E-state index in [-0.39, 0.29) is 24.6 Å². The number of nitrogens with zero attached hydrogens (tertiary/aromatic N) is 1. The van der Waals surface area contributed by atoms with Crippen molar-refractivity contribution in [3.05, 3.63) is 29.3 Å². The van der Waals surface area contributed by atoms with Crippen LogP contribution in [-0.2, 0) is 9.59 Å². The first kappa shape index (κ1) is 14.9. The molecule has 4 nitrogen and oxygen atoms in total. The molecular weight excluding hydrogens is 274 g/mol. The molecule has 1 aromatic carbocycles. The zero-order valence-corrected chi connectivity index (χ0v) is 11.5. The maximum absolute atomic E-state index is 11.7. The van der Waals surface area contributed by atoms with E-state index in [2.05, 4.69) is 0 Å². The normalized spacial score (nSPS) is 10.1. The first-order valence-corrected chi connectivity index (χ1v) is 6.69. The van der Waals surface area contributed by atoms with Crippen LogP contribution in [0.4, 0.5) is 0 Å². The third kappa shape index (κ3) is 5.42. The minimum Gasteiger partial charge on any atom is -0.481 e. The van der Waals surface area contributed by atoms with Crippen LogP contribution in [0.5, 0.6) is 0 Å². The van der Waals surface area contributed by atoms with Crippen LogP contribution < -0.4 is 0 Å². The van der Waals surface area contributed by atoms with E-state index in [9.17, 15) is 9.59 Å². The largest absolute Gasteiger partial charge is 0.481 e. The Labute approximate surface area is 115 Å². The minimum atomic E-state index is -0.903. The number of carboxylic acids is 1. The van der Waals surface area contributed by atoms with Crippen molar-refractivity contribution in [2.24, 2.45) is 0 Å². The lowest BCUT2D eigenvalue weighted by atomic mass is 10.4. The maximum Gasteiger partial charge on any atom is 0.305 e. The van der Waals surface area contributed by atoms with Crippen LogP contribution in [-0.4, -0.2) is 41.2 Å². The standard InChI is InChI=1S/C12H14ClNO3S/c1-14(7-6-12(16)17)11(15)8-18-10-4-2-9(13)3-5-10/h2-5H,6-8H2,1H3,(H,16,17). The van der Waals surface area contributed by atoms with Crippen LogP contribution in [0, 0.1) is 0 Å². The zero-order chi connectivity index (χ0) is 13.5. The molecule has 98 valence electrons. The molecule has 6 heteroatoms. The summed E-state index contributed by atoms with van der Waals surface area (Å²) in [7, 11) is 1.60. The fourth-order valence-electron chi connectivity index (χ4n) is 1.17. The molecule has 0 fully saturated rings. The third-order valence-electron chi connectivity index (χ3n) is 2.26. The Morgan fingerprint density at radius 1 is 1.33 bits per heavy atom. The van der Waals surface area contributed by atoms with E-state index in [0.717, 1.165) is 4.90 Å². The van der Waals surface area contributed by atoms with Gasteiger partial charge in [0.05, 0.1) is 12.2 Å². The monoisotopic (exact) mass is 287 g/mol. The van der Waals surface area contributed by atoms with Crippen molar-refractivity contribution >= 4 is 35.2 Å². The molecule has 0 atom stereocenters. The van der Waals surface area contributed by atoms with E-state index in [4.69, 9.17) is 16.7 Å². The van der Waals surface area contributed by atoms with Crippen molar-refractivity contribution in [2.75, 3.05) is 19.3 Å². The lowest BCUT2D eigenvalue weighted by Crippen LogP contribution is -2.30. The van der Waals surface area contributed by atoms with Crippen LogP contribution in [0.3, 0.4) is 0 Å². The number of carbonyl (C=O) groups is 2. The average molecular weight is 288 g/mol. The Kier molecular flexibility index (Phi) is 6.01. The van der Waals surface area contributed by atoms with Crippen molar-refractivity contribution < 1.29 is 14.7 Å². The molecule has 0 unspecified atom stereocenters. The Morgan fingerprint density at radius 3 is 2.50 bits per heavy atom. The lowest BCUT2D eigenvalue weighted by Gasteiger charge is -2.15. The fraction of sp³-hybridized carbons (Fsp3) is 0.333. The van der Waals surface area contributed by atoms with Gasteiger partial charge in [-0.25, -0.2) is 0 Å². The number of amides is 1. The summed E-state index contributed by atoms with van der Waals surface area (Å²) >= 11 is 7.16. The van der Waals surface area contributed by atoms with E-state index in [1.54, 1.807) is 19.2 Å². The number of hydrogen-bond acceptors (Lipinski definition) is 3. The number of carbonyl (C=O) groups excluding carboxylic acids is 1. The molecule has 0 aliphatic rings. The van der Waals surface area contributed by atoms with E-state index in [1.165, 1.54) is 16.7 Å². The zero-order valence-electron chi connectivity index (χ0n) is 9.93. The summed E-state index contributed by atoms with van der Waals surface area (Å²) in [4.78, 5) is 24.4. The summed E-state index contributed by atoms with van der Waals surface area (Å²) in [5, 5.41) is 9.18. The number of halogens is 1. The number of benzene rings is 1. The molecule has 1 amide bonds. The van der Waals surface area contributed by atoms with Gasteiger partial charge >= 0.3 is 5.97 Å². The molecule has 0 saturated heterocycles. The summed E-state index contributed by atoms with van der Waals surface area (Å²) < 4.78 is 0. The molecule has 0 aliphatic carbocycles. The van der Waals surface area contributed by atoms with Crippen LogP contribution in [0.15, 0.2) is 29.2 Å². The smallest absolute Gasteiger partial charge is 0.305 e. The van der Waals surface area contributed by atoms with Gasteiger partial charge in [-0.2, -0.15) is 0 Å². The maximum atomic E-state index is 11.7. The van der Waals surface area contributed by atoms with Gasteiger partial charge in [0, 0.05) is 23.5 Å². The van der Waals surface area contributed by atoms with Gasteiger partial charge in [0.2, 0.25) is 5.91 Å². The van der Waals surface area contributed by atoms with Crippen LogP contribution in [0.2, 0.25) is 5.02 Å². The highest BCUT2D eigenvalue weighted by Crippen LogP contribution is 2.20. The summed E-state index contributed by atoms with van der Waals surface area (Å²) in [6.07, 6.45) is -0.0339. The van der Waals surface area contributed by atoms with Crippen molar-refractivity contribution in [1.82, 2.24) is 4.90 Å². The summed E-state index contributed by atoms with van der Waals surface area (Å²) in [6.45, 7) is 0.231. The summed E-state index contributed by atoms with van der Waals surface area (Å²) in [5.41, 5.74) is 0. The predicted molar refractivity (Wildman–Crippen MR) is 72.1 cm³/mol. The topological polar surface area (TPSA) is 57.6 Å². The molecule has 0 spiro atoms. The second-order valence-corrected chi connectivity index (χ2v) is 5.19. The first-order chi connectivity index (χ1) is 8.49. The highest BCUT2D eigenvalue weighted by Gasteiger charge is 2.10. The molecule has 0 radical (unpaired) electrons. The van der Waals surface area contributed by atoms with E-state index >= 15 is 0 Å². The second-order valence-electron chi connectivity index (χ2n) is 3.70. The minimum absolute atomic E-state index is 0.0339. The summed E-state index contributed by atoms with van der Waals surface area (Å²) in [6, 6.07) is 7.22. The van der Waals surface area contributed by atoms with Gasteiger partial charge in [-0.15, -0.1) is 11.8 Å². The molecule has 18 heavy (non-hydrogen) atoms. The highest BCUT2D eigenvalue weighted by atomic mass is 35.5. The Balaban J connectivity index is 2.36. The van der Waals surface area contributed by atoms with Crippen molar-refractivity contribution in [3.8, 4) is 0 Å². The molecule has 0 aromatic heterocycles. The quantitative estimate of drug-likeness (QED) is 0.816. The second kappa shape index (κ2) is 7.28. The van der Waals surface area contributed by atoms with Crippen LogP contribution >= 0.6 is 23.4 Å². The number of aliphatic carboxylic acids is 1. The number of rotatable bonds is 6. The van der Waals surface area contributed by atoms with Crippen molar-refractivity contribution in [1.29, 1.82) is 0 Å². The lowest BCUT2D eigenvalue weighted by molar-refractivity contribution is -0.137. The number of thioether (sulfide) groups is 1. The average Bonchev–Trinajstić information content (AvgIpc) is 2.34. The van der Waals surface area contributed by atoms with Gasteiger partial charge in [-0.05, 0) is 24.3 Å². The predicted octanol–water partition coefficient (Wildman–Crippen LogP) is 2.37. The fourth-order valence-corrected chi connectivity index (χ4v) is 2.14. The van der Waals surface area contributed by atoms with Gasteiger partial charge in [0.25, 0.3) is 0 Å². The molecular formula is C12H14ClNO3S. The van der Waals surface area contributed by atoms with E-state index < -0.39 is 5.97 Å². The van der Waals surface area contributed by atoms with Crippen LogP contribution in [0.1, 0.15) is 6.42 Å². The molecule has 0 heterocycles. The highest BCUT2D eigenvalue weighted by molar-refractivity contribution is 8.00. The van der Waals surface area contributed by atoms with Crippen LogP contribution in [0.25, 0.3) is 0 Å². The van der Waals surface area contributed by atoms with Gasteiger partial charge in [0.1, 0.15) is 0 Å². The SMILES string of the molecule is CN(CCC(=O)O)C(=O)CSc1ccc(Cl)cc1. The first-order valence-electron chi connectivity index (χ1n) is 5.33. The molecule has 0 bridgehead atoms. The Bertz CT molecular complexity index is 422. The van der Waals surface area contributed by atoms with Crippen molar-refractivity contribution in [2.45, 2.75) is 11.3 Å². The Hall–Kier alpha value is -1.20. The third-order valence-corrected chi connectivity index (χ3v) is 3.51. The molecule has 0 saturated carbocycles. The van der Waals surface area contributed by atoms with Gasteiger partial charge in [-0.1, -0.05) is 11.6 Å². The summed E-state index contributed by atoms with van der Waals surface area (Å²) in [5.74, 6) is -0.700.